The molecule has 0 saturated carbocycles. The fourth-order valence-corrected chi connectivity index (χ4v) is 2.03. The number of hydrogen-bond acceptors (Lipinski definition) is 4. The van der Waals surface area contributed by atoms with Crippen molar-refractivity contribution >= 4 is 5.91 Å². The van der Waals surface area contributed by atoms with Gasteiger partial charge in [-0.2, -0.15) is 0 Å². The van der Waals surface area contributed by atoms with Crippen molar-refractivity contribution in [2.24, 2.45) is 5.73 Å². The molecule has 0 radical (unpaired) electrons. The van der Waals surface area contributed by atoms with Gasteiger partial charge in [-0.3, -0.25) is 9.78 Å². The number of aliphatic hydroxyl groups excluding tert-OH is 1. The Kier molecular flexibility index (Phi) is 3.88. The van der Waals surface area contributed by atoms with Gasteiger partial charge in [0.25, 0.3) is 0 Å². The van der Waals surface area contributed by atoms with E-state index < -0.39 is 24.2 Å². The van der Waals surface area contributed by atoms with Gasteiger partial charge in [0.2, 0.25) is 5.91 Å². The van der Waals surface area contributed by atoms with Crippen LogP contribution in [0.3, 0.4) is 0 Å². The summed E-state index contributed by atoms with van der Waals surface area (Å²) in [5.74, 6) is -0.417. The predicted octanol–water partition coefficient (Wildman–Crippen LogP) is 0.0127. The summed E-state index contributed by atoms with van der Waals surface area (Å²) in [4.78, 5) is 17.1. The molecule has 3 atom stereocenters. The molecule has 18 heavy (non-hydrogen) atoms. The monoisotopic (exact) mass is 253 g/mol. The summed E-state index contributed by atoms with van der Waals surface area (Å²) in [6, 6.07) is 2.12. The van der Waals surface area contributed by atoms with E-state index in [0.717, 1.165) is 0 Å². The number of alkyl halides is 1. The van der Waals surface area contributed by atoms with Gasteiger partial charge in [0.1, 0.15) is 18.3 Å². The van der Waals surface area contributed by atoms with Crippen molar-refractivity contribution in [3.05, 3.63) is 30.1 Å². The summed E-state index contributed by atoms with van der Waals surface area (Å²) in [6.07, 6.45) is 1.29. The summed E-state index contributed by atoms with van der Waals surface area (Å²) in [5, 5.41) is 9.99. The number of aromatic nitrogens is 1. The maximum absolute atomic E-state index is 13.0. The molecule has 1 aliphatic rings. The van der Waals surface area contributed by atoms with Gasteiger partial charge < -0.3 is 15.7 Å². The number of likely N-dealkylation sites (tertiary alicyclic amines) is 1. The molecular formula is C12H16FN3O2. The van der Waals surface area contributed by atoms with Crippen LogP contribution in [0.5, 0.6) is 0 Å². The first kappa shape index (κ1) is 12.9. The maximum atomic E-state index is 13.0. The summed E-state index contributed by atoms with van der Waals surface area (Å²) in [5.41, 5.74) is 6.26. The Labute approximate surface area is 104 Å². The molecule has 1 saturated heterocycles. The van der Waals surface area contributed by atoms with Crippen LogP contribution in [0.4, 0.5) is 4.39 Å². The summed E-state index contributed by atoms with van der Waals surface area (Å²) < 4.78 is 13.0. The zero-order valence-electron chi connectivity index (χ0n) is 9.87. The number of pyridine rings is 1. The molecular weight excluding hydrogens is 237 g/mol. The van der Waals surface area contributed by atoms with Gasteiger partial charge >= 0.3 is 0 Å². The lowest BCUT2D eigenvalue weighted by Gasteiger charge is -2.23. The van der Waals surface area contributed by atoms with Crippen LogP contribution in [0.15, 0.2) is 24.5 Å². The number of nitrogens with zero attached hydrogens (tertiary/aromatic N) is 2. The summed E-state index contributed by atoms with van der Waals surface area (Å²) in [7, 11) is 0. The number of amides is 1. The van der Waals surface area contributed by atoms with Crippen LogP contribution in [-0.4, -0.2) is 46.2 Å². The first-order valence-corrected chi connectivity index (χ1v) is 5.86. The van der Waals surface area contributed by atoms with E-state index in [9.17, 15) is 14.3 Å². The van der Waals surface area contributed by atoms with Gasteiger partial charge in [-0.25, -0.2) is 4.39 Å². The van der Waals surface area contributed by atoms with E-state index in [0.29, 0.717) is 18.5 Å². The summed E-state index contributed by atoms with van der Waals surface area (Å²) >= 11 is 0. The zero-order chi connectivity index (χ0) is 13.1. The Hall–Kier alpha value is -1.53. The van der Waals surface area contributed by atoms with E-state index >= 15 is 0 Å². The Balaban J connectivity index is 2.02. The number of carbonyl (C=O) groups excluding carboxylic acids is 1. The second-order valence-corrected chi connectivity index (χ2v) is 4.42. The highest BCUT2D eigenvalue weighted by molar-refractivity contribution is 5.82. The second kappa shape index (κ2) is 5.41. The number of nitrogens with two attached hydrogens (primary N) is 1. The average Bonchev–Trinajstić information content (AvgIpc) is 2.84. The smallest absolute Gasteiger partial charge is 0.242 e. The molecule has 1 aromatic rings. The van der Waals surface area contributed by atoms with E-state index in [1.165, 1.54) is 17.3 Å². The number of hydrogen-bond donors (Lipinski definition) is 2. The summed E-state index contributed by atoms with van der Waals surface area (Å²) in [6.45, 7) is 0.423. The molecule has 2 rings (SSSR count). The van der Waals surface area contributed by atoms with Crippen molar-refractivity contribution in [3.63, 3.8) is 0 Å². The van der Waals surface area contributed by atoms with E-state index in [-0.39, 0.29) is 6.54 Å². The molecule has 1 fully saturated rings. The first-order valence-electron chi connectivity index (χ1n) is 5.86. The lowest BCUT2D eigenvalue weighted by atomic mass is 10.0. The quantitative estimate of drug-likeness (QED) is 0.795. The zero-order valence-corrected chi connectivity index (χ0v) is 9.87. The molecule has 0 spiro atoms. The molecule has 1 amide bonds. The van der Waals surface area contributed by atoms with Gasteiger partial charge in [-0.15, -0.1) is 0 Å². The minimum atomic E-state index is -1.10. The van der Waals surface area contributed by atoms with Crippen molar-refractivity contribution in [1.82, 2.24) is 9.88 Å². The number of rotatable bonds is 3. The van der Waals surface area contributed by atoms with Crippen LogP contribution in [-0.2, 0) is 4.79 Å². The van der Waals surface area contributed by atoms with Crippen LogP contribution in [0.25, 0.3) is 0 Å². The largest absolute Gasteiger partial charge is 0.386 e. The Bertz CT molecular complexity index is 415. The Morgan fingerprint density at radius 1 is 1.56 bits per heavy atom. The van der Waals surface area contributed by atoms with Gasteiger partial charge in [0, 0.05) is 18.9 Å². The van der Waals surface area contributed by atoms with Gasteiger partial charge in [-0.05, 0) is 24.1 Å². The third-order valence-corrected chi connectivity index (χ3v) is 3.12. The number of carbonyl (C=O) groups is 1. The molecule has 0 unspecified atom stereocenters. The van der Waals surface area contributed by atoms with E-state index in [1.807, 2.05) is 0 Å². The average molecular weight is 253 g/mol. The minimum Gasteiger partial charge on any atom is -0.386 e. The van der Waals surface area contributed by atoms with E-state index in [4.69, 9.17) is 5.73 Å². The standard InChI is InChI=1S/C12H16FN3O2/c13-9-3-6-16(7-9)12(18)10(14)11(17)8-1-4-15-5-2-8/h1-2,4-5,9-11,17H,3,6-7,14H2/t9-,10-,11+/m1/s1. The highest BCUT2D eigenvalue weighted by Crippen LogP contribution is 2.19. The highest BCUT2D eigenvalue weighted by Gasteiger charge is 2.32. The number of halogens is 1. The molecule has 5 nitrogen and oxygen atoms in total. The Morgan fingerprint density at radius 3 is 2.78 bits per heavy atom. The lowest BCUT2D eigenvalue weighted by molar-refractivity contribution is -0.134. The molecule has 1 aliphatic heterocycles. The maximum Gasteiger partial charge on any atom is 0.242 e. The fourth-order valence-electron chi connectivity index (χ4n) is 2.03. The molecule has 3 N–H and O–H groups in total. The Morgan fingerprint density at radius 2 is 2.22 bits per heavy atom. The minimum absolute atomic E-state index is 0.0651. The van der Waals surface area contributed by atoms with Crippen LogP contribution >= 0.6 is 0 Å². The van der Waals surface area contributed by atoms with Crippen molar-refractivity contribution in [3.8, 4) is 0 Å². The second-order valence-electron chi connectivity index (χ2n) is 4.42. The van der Waals surface area contributed by atoms with Crippen LogP contribution in [0.1, 0.15) is 18.1 Å². The molecule has 0 aliphatic carbocycles. The van der Waals surface area contributed by atoms with Gasteiger partial charge in [-0.1, -0.05) is 0 Å². The molecule has 1 aromatic heterocycles. The normalized spacial score (nSPS) is 22.8. The van der Waals surface area contributed by atoms with Crippen molar-refractivity contribution < 1.29 is 14.3 Å². The molecule has 0 aromatic carbocycles. The lowest BCUT2D eigenvalue weighted by Crippen LogP contribution is -2.46. The first-order chi connectivity index (χ1) is 8.59. The third-order valence-electron chi connectivity index (χ3n) is 3.12. The highest BCUT2D eigenvalue weighted by atomic mass is 19.1. The number of aliphatic hydroxyl groups is 1. The van der Waals surface area contributed by atoms with E-state index in [2.05, 4.69) is 4.98 Å². The molecule has 98 valence electrons. The SMILES string of the molecule is N[C@@H](C(=O)N1CC[C@@H](F)C1)[C@@H](O)c1ccncc1. The van der Waals surface area contributed by atoms with Crippen LogP contribution < -0.4 is 5.73 Å². The predicted molar refractivity (Wildman–Crippen MR) is 63.3 cm³/mol. The topological polar surface area (TPSA) is 79.5 Å². The van der Waals surface area contributed by atoms with Crippen LogP contribution in [0, 0.1) is 0 Å². The fraction of sp³-hybridized carbons (Fsp3) is 0.500. The van der Waals surface area contributed by atoms with E-state index in [1.54, 1.807) is 12.1 Å². The van der Waals surface area contributed by atoms with Crippen LogP contribution in [0.2, 0.25) is 0 Å². The molecule has 6 heteroatoms. The van der Waals surface area contributed by atoms with Crippen molar-refractivity contribution in [1.29, 1.82) is 0 Å². The van der Waals surface area contributed by atoms with Crippen molar-refractivity contribution in [2.45, 2.75) is 24.7 Å². The van der Waals surface area contributed by atoms with Gasteiger partial charge in [0.15, 0.2) is 0 Å². The third kappa shape index (κ3) is 2.65. The molecule has 2 heterocycles. The van der Waals surface area contributed by atoms with Gasteiger partial charge in [0.05, 0.1) is 6.54 Å². The van der Waals surface area contributed by atoms with Crippen molar-refractivity contribution in [2.75, 3.05) is 13.1 Å². The molecule has 0 bridgehead atoms.